The lowest BCUT2D eigenvalue weighted by Gasteiger charge is -2.24. The van der Waals surface area contributed by atoms with E-state index >= 15 is 0 Å². The molecular formula is C13H24ClN5O. The fraction of sp³-hybridized carbons (Fsp3) is 0.769. The van der Waals surface area contributed by atoms with Crippen molar-refractivity contribution in [1.29, 1.82) is 0 Å². The molecule has 1 aromatic heterocycles. The fourth-order valence-electron chi connectivity index (χ4n) is 1.53. The number of hydrogen-bond acceptors (Lipinski definition) is 6. The van der Waals surface area contributed by atoms with Gasteiger partial charge in [-0.15, -0.1) is 0 Å². The Labute approximate surface area is 125 Å². The molecule has 2 N–H and O–H groups in total. The van der Waals surface area contributed by atoms with Gasteiger partial charge in [0.2, 0.25) is 17.2 Å². The molecule has 0 bridgehead atoms. The third-order valence-corrected chi connectivity index (χ3v) is 3.02. The third kappa shape index (κ3) is 6.34. The minimum atomic E-state index is 0.0894. The second kappa shape index (κ2) is 8.21. The lowest BCUT2D eigenvalue weighted by molar-refractivity contribution is 0.157. The van der Waals surface area contributed by atoms with Crippen LogP contribution < -0.4 is 10.6 Å². The van der Waals surface area contributed by atoms with Crippen LogP contribution in [-0.2, 0) is 4.74 Å². The van der Waals surface area contributed by atoms with Crippen molar-refractivity contribution in [2.45, 2.75) is 33.6 Å². The molecule has 0 aliphatic carbocycles. The Hall–Kier alpha value is -1.14. The van der Waals surface area contributed by atoms with Gasteiger partial charge in [0.1, 0.15) is 0 Å². The zero-order valence-electron chi connectivity index (χ0n) is 12.7. The van der Waals surface area contributed by atoms with E-state index in [1.807, 2.05) is 0 Å². The smallest absolute Gasteiger partial charge is 0.228 e. The first-order valence-corrected chi connectivity index (χ1v) is 7.23. The molecule has 0 atom stereocenters. The summed E-state index contributed by atoms with van der Waals surface area (Å²) >= 11 is 5.90. The number of halogens is 1. The molecule has 0 aromatic carbocycles. The third-order valence-electron chi connectivity index (χ3n) is 2.85. The van der Waals surface area contributed by atoms with Crippen LogP contribution in [0.15, 0.2) is 0 Å². The second-order valence-electron chi connectivity index (χ2n) is 5.44. The van der Waals surface area contributed by atoms with Gasteiger partial charge in [0.25, 0.3) is 0 Å². The molecular weight excluding hydrogens is 278 g/mol. The van der Waals surface area contributed by atoms with Gasteiger partial charge >= 0.3 is 0 Å². The zero-order valence-corrected chi connectivity index (χ0v) is 13.4. The first-order chi connectivity index (χ1) is 9.46. The molecule has 0 aliphatic heterocycles. The van der Waals surface area contributed by atoms with E-state index in [1.54, 1.807) is 7.11 Å². The van der Waals surface area contributed by atoms with Gasteiger partial charge in [-0.3, -0.25) is 0 Å². The molecule has 0 fully saturated rings. The highest BCUT2D eigenvalue weighted by atomic mass is 35.5. The molecule has 0 spiro atoms. The summed E-state index contributed by atoms with van der Waals surface area (Å²) in [4.78, 5) is 12.4. The molecule has 6 nitrogen and oxygen atoms in total. The average molecular weight is 302 g/mol. The summed E-state index contributed by atoms with van der Waals surface area (Å²) < 4.78 is 5.11. The van der Waals surface area contributed by atoms with Crippen molar-refractivity contribution in [3.05, 3.63) is 5.28 Å². The summed E-state index contributed by atoms with van der Waals surface area (Å²) in [6, 6.07) is 0. The summed E-state index contributed by atoms with van der Waals surface area (Å²) in [5.74, 6) is 0.998. The van der Waals surface area contributed by atoms with Crippen molar-refractivity contribution in [2.75, 3.05) is 37.4 Å². The van der Waals surface area contributed by atoms with E-state index in [9.17, 15) is 0 Å². The summed E-state index contributed by atoms with van der Waals surface area (Å²) in [5, 5.41) is 6.50. The highest BCUT2D eigenvalue weighted by Crippen LogP contribution is 2.20. The Balaban J connectivity index is 2.60. The SMILES string of the molecule is CCCNc1nc(Cl)nc(NCC(C)(C)CCOC)n1. The van der Waals surface area contributed by atoms with E-state index in [1.165, 1.54) is 0 Å². The second-order valence-corrected chi connectivity index (χ2v) is 5.78. The summed E-state index contributed by atoms with van der Waals surface area (Å²) in [6.07, 6.45) is 1.95. The van der Waals surface area contributed by atoms with E-state index in [4.69, 9.17) is 16.3 Å². The molecule has 0 saturated carbocycles. The number of nitrogens with zero attached hydrogens (tertiary/aromatic N) is 3. The standard InChI is InChI=1S/C13H24ClN5O/c1-5-7-15-11-17-10(14)18-12(19-11)16-9-13(2,3)6-8-20-4/h5-9H2,1-4H3,(H2,15,16,17,18,19). The number of aromatic nitrogens is 3. The maximum absolute atomic E-state index is 5.90. The van der Waals surface area contributed by atoms with Gasteiger partial charge in [-0.1, -0.05) is 20.8 Å². The van der Waals surface area contributed by atoms with Crippen molar-refractivity contribution in [3.63, 3.8) is 0 Å². The van der Waals surface area contributed by atoms with E-state index < -0.39 is 0 Å². The molecule has 0 radical (unpaired) electrons. The molecule has 114 valence electrons. The molecule has 0 amide bonds. The molecule has 0 saturated heterocycles. The van der Waals surface area contributed by atoms with Crippen molar-refractivity contribution < 1.29 is 4.74 Å². The Bertz CT molecular complexity index is 414. The van der Waals surface area contributed by atoms with Crippen LogP contribution >= 0.6 is 11.6 Å². The molecule has 20 heavy (non-hydrogen) atoms. The highest BCUT2D eigenvalue weighted by Gasteiger charge is 2.18. The van der Waals surface area contributed by atoms with E-state index in [2.05, 4.69) is 46.4 Å². The summed E-state index contributed by atoms with van der Waals surface area (Å²) in [6.45, 7) is 8.68. The lowest BCUT2D eigenvalue weighted by Crippen LogP contribution is -2.25. The van der Waals surface area contributed by atoms with Crippen LogP contribution in [0.4, 0.5) is 11.9 Å². The molecule has 7 heteroatoms. The maximum Gasteiger partial charge on any atom is 0.228 e. The number of methoxy groups -OCH3 is 1. The summed E-state index contributed by atoms with van der Waals surface area (Å²) in [7, 11) is 1.71. The number of nitrogens with one attached hydrogen (secondary N) is 2. The van der Waals surface area contributed by atoms with Gasteiger partial charge in [0.15, 0.2) is 0 Å². The van der Waals surface area contributed by atoms with Crippen molar-refractivity contribution in [2.24, 2.45) is 5.41 Å². The van der Waals surface area contributed by atoms with E-state index in [0.717, 1.165) is 32.5 Å². The number of hydrogen-bond donors (Lipinski definition) is 2. The molecule has 0 aliphatic rings. The van der Waals surface area contributed by atoms with Crippen molar-refractivity contribution in [3.8, 4) is 0 Å². The van der Waals surface area contributed by atoms with Crippen LogP contribution in [0.1, 0.15) is 33.6 Å². The Morgan fingerprint density at radius 3 is 2.40 bits per heavy atom. The first kappa shape index (κ1) is 16.9. The molecule has 0 unspecified atom stereocenters. The van der Waals surface area contributed by atoms with Crippen LogP contribution in [0.2, 0.25) is 5.28 Å². The van der Waals surface area contributed by atoms with Crippen molar-refractivity contribution in [1.82, 2.24) is 15.0 Å². The maximum atomic E-state index is 5.90. The number of ether oxygens (including phenoxy) is 1. The van der Waals surface area contributed by atoms with E-state index in [-0.39, 0.29) is 10.7 Å². The Morgan fingerprint density at radius 2 is 1.80 bits per heavy atom. The minimum absolute atomic E-state index is 0.0894. The highest BCUT2D eigenvalue weighted by molar-refractivity contribution is 6.28. The predicted molar refractivity (Wildman–Crippen MR) is 82.4 cm³/mol. The van der Waals surface area contributed by atoms with Gasteiger partial charge in [0.05, 0.1) is 0 Å². The van der Waals surface area contributed by atoms with Gasteiger partial charge in [-0.2, -0.15) is 15.0 Å². The van der Waals surface area contributed by atoms with Crippen LogP contribution in [0, 0.1) is 5.41 Å². The van der Waals surface area contributed by atoms with E-state index in [0.29, 0.717) is 11.9 Å². The Morgan fingerprint density at radius 1 is 1.15 bits per heavy atom. The molecule has 1 aromatic rings. The average Bonchev–Trinajstić information content (AvgIpc) is 2.40. The predicted octanol–water partition coefficient (Wildman–Crippen LogP) is 2.82. The van der Waals surface area contributed by atoms with Gasteiger partial charge in [-0.05, 0) is 29.9 Å². The zero-order chi connectivity index (χ0) is 15.0. The van der Waals surface area contributed by atoms with Crippen LogP contribution in [0.5, 0.6) is 0 Å². The topological polar surface area (TPSA) is 72.0 Å². The van der Waals surface area contributed by atoms with Gasteiger partial charge in [0, 0.05) is 26.8 Å². The monoisotopic (exact) mass is 301 g/mol. The number of rotatable bonds is 9. The Kier molecular flexibility index (Phi) is 6.95. The van der Waals surface area contributed by atoms with Crippen LogP contribution in [0.25, 0.3) is 0 Å². The van der Waals surface area contributed by atoms with Gasteiger partial charge in [-0.25, -0.2) is 0 Å². The normalized spacial score (nSPS) is 11.4. The molecule has 1 rings (SSSR count). The van der Waals surface area contributed by atoms with Gasteiger partial charge < -0.3 is 15.4 Å². The van der Waals surface area contributed by atoms with Crippen LogP contribution in [0.3, 0.4) is 0 Å². The molecule has 1 heterocycles. The van der Waals surface area contributed by atoms with Crippen molar-refractivity contribution >= 4 is 23.5 Å². The fourth-order valence-corrected chi connectivity index (χ4v) is 1.69. The van der Waals surface area contributed by atoms with Crippen LogP contribution in [-0.4, -0.2) is 41.8 Å². The lowest BCUT2D eigenvalue weighted by atomic mass is 9.90. The largest absolute Gasteiger partial charge is 0.385 e. The first-order valence-electron chi connectivity index (χ1n) is 6.85. The minimum Gasteiger partial charge on any atom is -0.385 e. The summed E-state index contributed by atoms with van der Waals surface area (Å²) in [5.41, 5.74) is 0.0894. The quantitative estimate of drug-likeness (QED) is 0.731. The number of anilines is 2.